The SMILES string of the molecule is C=CC=C(C=CCC)Cn1nc(-c2ncc(F)c(C3(C)CCCCCCCCC3)n2)cc1-c1ccon1. The third-order valence-corrected chi connectivity index (χ3v) is 7.21. The molecule has 1 fully saturated rings. The second-order valence-electron chi connectivity index (χ2n) is 10.2. The summed E-state index contributed by atoms with van der Waals surface area (Å²) in [7, 11) is 0. The molecule has 196 valence electrons. The molecule has 3 heterocycles. The van der Waals surface area contributed by atoms with E-state index in [2.05, 4.69) is 42.7 Å². The van der Waals surface area contributed by atoms with E-state index in [1.54, 1.807) is 12.1 Å². The van der Waals surface area contributed by atoms with Gasteiger partial charge in [-0.3, -0.25) is 4.68 Å². The van der Waals surface area contributed by atoms with Crippen LogP contribution in [-0.4, -0.2) is 24.9 Å². The molecule has 0 N–H and O–H groups in total. The minimum absolute atomic E-state index is 0.318. The van der Waals surface area contributed by atoms with Crippen molar-refractivity contribution in [2.24, 2.45) is 0 Å². The fourth-order valence-electron chi connectivity index (χ4n) is 5.14. The highest BCUT2D eigenvalue weighted by Gasteiger charge is 2.32. The Morgan fingerprint density at radius 1 is 1.14 bits per heavy atom. The average molecular weight is 504 g/mol. The summed E-state index contributed by atoms with van der Waals surface area (Å²) >= 11 is 0. The van der Waals surface area contributed by atoms with Gasteiger partial charge in [-0.15, -0.1) is 0 Å². The molecule has 4 rings (SSSR count). The molecule has 0 aromatic carbocycles. The first-order chi connectivity index (χ1) is 18.0. The first kappa shape index (κ1) is 26.7. The molecule has 0 aliphatic heterocycles. The van der Waals surface area contributed by atoms with Crippen LogP contribution in [0.5, 0.6) is 0 Å². The second-order valence-corrected chi connectivity index (χ2v) is 10.2. The Bertz CT molecular complexity index is 1210. The molecule has 0 radical (unpaired) electrons. The number of rotatable bonds is 8. The number of halogens is 1. The van der Waals surface area contributed by atoms with Crippen LogP contribution in [0.25, 0.3) is 22.9 Å². The van der Waals surface area contributed by atoms with Gasteiger partial charge in [0.1, 0.15) is 17.7 Å². The lowest BCUT2D eigenvalue weighted by Gasteiger charge is -2.30. The first-order valence-electron chi connectivity index (χ1n) is 13.5. The fourth-order valence-corrected chi connectivity index (χ4v) is 5.14. The molecule has 3 aromatic heterocycles. The van der Waals surface area contributed by atoms with Crippen LogP contribution in [-0.2, 0) is 12.0 Å². The molecule has 7 heteroatoms. The van der Waals surface area contributed by atoms with Gasteiger partial charge in [0.25, 0.3) is 0 Å². The van der Waals surface area contributed by atoms with E-state index in [-0.39, 0.29) is 11.2 Å². The van der Waals surface area contributed by atoms with Crippen LogP contribution in [0.2, 0.25) is 0 Å². The van der Waals surface area contributed by atoms with Crippen molar-refractivity contribution in [3.05, 3.63) is 72.6 Å². The Morgan fingerprint density at radius 2 is 1.86 bits per heavy atom. The highest BCUT2D eigenvalue weighted by Crippen LogP contribution is 2.37. The number of hydrogen-bond donors (Lipinski definition) is 0. The van der Waals surface area contributed by atoms with Crippen LogP contribution < -0.4 is 0 Å². The van der Waals surface area contributed by atoms with Gasteiger partial charge in [0.2, 0.25) is 0 Å². The van der Waals surface area contributed by atoms with Gasteiger partial charge in [0.15, 0.2) is 11.6 Å². The number of allylic oxidation sites excluding steroid dienone is 5. The van der Waals surface area contributed by atoms with Gasteiger partial charge in [0.05, 0.1) is 24.1 Å². The van der Waals surface area contributed by atoms with Crippen LogP contribution in [0.1, 0.15) is 83.7 Å². The van der Waals surface area contributed by atoms with Gasteiger partial charge in [0, 0.05) is 11.5 Å². The Morgan fingerprint density at radius 3 is 2.51 bits per heavy atom. The van der Waals surface area contributed by atoms with Crippen LogP contribution in [0.3, 0.4) is 0 Å². The smallest absolute Gasteiger partial charge is 0.180 e. The summed E-state index contributed by atoms with van der Waals surface area (Å²) in [5.74, 6) is 0.0944. The minimum atomic E-state index is -0.333. The number of aromatic nitrogens is 5. The number of nitrogens with zero attached hydrogens (tertiary/aromatic N) is 5. The van der Waals surface area contributed by atoms with E-state index in [1.807, 2.05) is 16.8 Å². The summed E-state index contributed by atoms with van der Waals surface area (Å²) in [6.45, 7) is 8.61. The van der Waals surface area contributed by atoms with Gasteiger partial charge >= 0.3 is 0 Å². The molecule has 37 heavy (non-hydrogen) atoms. The van der Waals surface area contributed by atoms with Gasteiger partial charge < -0.3 is 4.52 Å². The Kier molecular flexibility index (Phi) is 9.20. The predicted molar refractivity (Wildman–Crippen MR) is 145 cm³/mol. The lowest BCUT2D eigenvalue weighted by Crippen LogP contribution is -2.26. The van der Waals surface area contributed by atoms with Gasteiger partial charge in [-0.05, 0) is 30.9 Å². The van der Waals surface area contributed by atoms with E-state index < -0.39 is 0 Å². The predicted octanol–water partition coefficient (Wildman–Crippen LogP) is 8.00. The topological polar surface area (TPSA) is 69.6 Å². The lowest BCUT2D eigenvalue weighted by molar-refractivity contribution is 0.330. The Balaban J connectivity index is 1.72. The third-order valence-electron chi connectivity index (χ3n) is 7.21. The van der Waals surface area contributed by atoms with Crippen molar-refractivity contribution >= 4 is 0 Å². The van der Waals surface area contributed by atoms with Crippen LogP contribution in [0.15, 0.2) is 65.6 Å². The summed E-state index contributed by atoms with van der Waals surface area (Å²) in [4.78, 5) is 9.18. The summed E-state index contributed by atoms with van der Waals surface area (Å²) in [5.41, 5.74) is 3.27. The average Bonchev–Trinajstić information content (AvgIpc) is 3.57. The monoisotopic (exact) mass is 503 g/mol. The van der Waals surface area contributed by atoms with Crippen molar-refractivity contribution < 1.29 is 8.91 Å². The molecular weight excluding hydrogens is 465 g/mol. The zero-order valence-corrected chi connectivity index (χ0v) is 22.1. The fraction of sp³-hybridized carbons (Fsp3) is 0.467. The molecule has 6 nitrogen and oxygen atoms in total. The maximum atomic E-state index is 15.2. The van der Waals surface area contributed by atoms with Crippen molar-refractivity contribution in [1.29, 1.82) is 0 Å². The van der Waals surface area contributed by atoms with Crippen molar-refractivity contribution in [1.82, 2.24) is 24.9 Å². The van der Waals surface area contributed by atoms with Crippen molar-refractivity contribution in [2.75, 3.05) is 0 Å². The molecule has 0 amide bonds. The highest BCUT2D eigenvalue weighted by atomic mass is 19.1. The molecule has 1 saturated carbocycles. The van der Waals surface area contributed by atoms with Gasteiger partial charge in [-0.2, -0.15) is 5.10 Å². The van der Waals surface area contributed by atoms with Crippen LogP contribution in [0, 0.1) is 5.82 Å². The lowest BCUT2D eigenvalue weighted by atomic mass is 9.76. The zero-order chi connectivity index (χ0) is 26.1. The van der Waals surface area contributed by atoms with E-state index in [0.29, 0.717) is 29.5 Å². The molecule has 1 aliphatic carbocycles. The Labute approximate surface area is 219 Å². The molecule has 0 atom stereocenters. The van der Waals surface area contributed by atoms with Crippen LogP contribution in [0.4, 0.5) is 4.39 Å². The van der Waals surface area contributed by atoms with E-state index in [9.17, 15) is 0 Å². The molecule has 3 aromatic rings. The van der Waals surface area contributed by atoms with Crippen LogP contribution >= 0.6 is 0 Å². The normalized spacial score (nSPS) is 17.2. The van der Waals surface area contributed by atoms with Gasteiger partial charge in [-0.25, -0.2) is 14.4 Å². The van der Waals surface area contributed by atoms with Crippen molar-refractivity contribution in [2.45, 2.75) is 90.0 Å². The maximum Gasteiger partial charge on any atom is 0.180 e. The first-order valence-corrected chi connectivity index (χ1v) is 13.5. The standard InChI is InChI=1S/C30H38FN5O/c1-4-6-15-23(14-5-2)22-36-27(25-16-19-37-35-25)20-26(34-36)29-32-21-24(31)28(33-29)30(3)17-12-10-8-7-9-11-13-18-30/h5-6,14-16,19-21H,2,4,7-13,17-18,22H2,1,3H3. The summed E-state index contributed by atoms with van der Waals surface area (Å²) in [6, 6.07) is 3.70. The van der Waals surface area contributed by atoms with Crippen molar-refractivity contribution in [3.63, 3.8) is 0 Å². The zero-order valence-electron chi connectivity index (χ0n) is 22.1. The number of hydrogen-bond acceptors (Lipinski definition) is 5. The molecule has 0 bridgehead atoms. The van der Waals surface area contributed by atoms with Crippen molar-refractivity contribution in [3.8, 4) is 22.9 Å². The highest BCUT2D eigenvalue weighted by molar-refractivity contribution is 5.62. The van der Waals surface area contributed by atoms with E-state index >= 15 is 4.39 Å². The molecule has 0 spiro atoms. The summed E-state index contributed by atoms with van der Waals surface area (Å²) < 4.78 is 22.2. The molecule has 1 aliphatic rings. The summed E-state index contributed by atoms with van der Waals surface area (Å²) in [6.07, 6.45) is 21.9. The van der Waals surface area contributed by atoms with E-state index in [4.69, 9.17) is 14.6 Å². The third kappa shape index (κ3) is 6.70. The molecule has 0 saturated heterocycles. The van der Waals surface area contributed by atoms with E-state index in [1.165, 1.54) is 44.6 Å². The van der Waals surface area contributed by atoms with Gasteiger partial charge in [-0.1, -0.05) is 94.8 Å². The Hall–Kier alpha value is -3.35. The summed E-state index contributed by atoms with van der Waals surface area (Å²) in [5, 5.41) is 8.97. The largest absolute Gasteiger partial charge is 0.364 e. The maximum absolute atomic E-state index is 15.2. The minimum Gasteiger partial charge on any atom is -0.364 e. The molecular formula is C30H38FN5O. The quantitative estimate of drug-likeness (QED) is 0.291. The second kappa shape index (κ2) is 12.7. The molecule has 0 unspecified atom stereocenters. The van der Waals surface area contributed by atoms with E-state index in [0.717, 1.165) is 43.4 Å².